The highest BCUT2D eigenvalue weighted by Crippen LogP contribution is 2.41. The number of anilines is 1. The SMILES string of the molecule is CCc1cccc2cc(O)cc(-c3c(F)cc4c(N5CC6CCC(C5)N6)nc(OCCCN5CC[C@@H](F)C[C@@H]5CC)nc4c3F)c12. The normalized spacial score (nSPS) is 23.5. The number of piperidine rings is 1. The third kappa shape index (κ3) is 5.86. The number of nitrogens with one attached hydrogen (secondary N) is 1. The zero-order valence-electron chi connectivity index (χ0n) is 26.5. The molecule has 3 saturated heterocycles. The second-order valence-corrected chi connectivity index (χ2v) is 13.1. The van der Waals surface area contributed by atoms with Crippen molar-refractivity contribution in [2.45, 2.75) is 83.1 Å². The molecule has 3 aromatic carbocycles. The molecule has 244 valence electrons. The molecule has 0 amide bonds. The van der Waals surface area contributed by atoms with Gasteiger partial charge in [-0.3, -0.25) is 0 Å². The second kappa shape index (κ2) is 12.9. The van der Waals surface area contributed by atoms with E-state index in [2.05, 4.69) is 27.0 Å². The third-order valence-electron chi connectivity index (χ3n) is 10.1. The molecule has 2 N–H and O–H groups in total. The van der Waals surface area contributed by atoms with Crippen molar-refractivity contribution in [3.8, 4) is 22.9 Å². The number of aryl methyl sites for hydroxylation is 1. The molecule has 1 aromatic heterocycles. The van der Waals surface area contributed by atoms with Crippen molar-refractivity contribution in [1.82, 2.24) is 20.2 Å². The van der Waals surface area contributed by atoms with Crippen molar-refractivity contribution in [3.63, 3.8) is 0 Å². The lowest BCUT2D eigenvalue weighted by Gasteiger charge is -2.36. The van der Waals surface area contributed by atoms with Crippen LogP contribution in [0.15, 0.2) is 36.4 Å². The van der Waals surface area contributed by atoms with Gasteiger partial charge in [-0.1, -0.05) is 32.0 Å². The average Bonchev–Trinajstić information content (AvgIpc) is 3.39. The van der Waals surface area contributed by atoms with E-state index in [-0.39, 0.29) is 46.5 Å². The molecule has 4 atom stereocenters. The Balaban J connectivity index is 1.27. The summed E-state index contributed by atoms with van der Waals surface area (Å²) in [4.78, 5) is 13.7. The Morgan fingerprint density at radius 3 is 2.61 bits per heavy atom. The first kappa shape index (κ1) is 31.0. The molecule has 10 heteroatoms. The van der Waals surface area contributed by atoms with E-state index in [4.69, 9.17) is 9.72 Å². The Morgan fingerprint density at radius 2 is 1.85 bits per heavy atom. The number of fused-ring (bicyclic) bond motifs is 4. The molecular weight excluding hydrogens is 591 g/mol. The van der Waals surface area contributed by atoms with Crippen LogP contribution in [0.4, 0.5) is 19.0 Å². The third-order valence-corrected chi connectivity index (χ3v) is 10.1. The summed E-state index contributed by atoms with van der Waals surface area (Å²) < 4.78 is 53.1. The predicted molar refractivity (Wildman–Crippen MR) is 175 cm³/mol. The van der Waals surface area contributed by atoms with Crippen LogP contribution in [0.1, 0.15) is 57.9 Å². The van der Waals surface area contributed by atoms with E-state index in [1.807, 2.05) is 25.1 Å². The maximum Gasteiger partial charge on any atom is 0.319 e. The summed E-state index contributed by atoms with van der Waals surface area (Å²) in [6.45, 7) is 7.24. The minimum absolute atomic E-state index is 0.0104. The Hall–Kier alpha value is -3.63. The molecule has 7 rings (SSSR count). The lowest BCUT2D eigenvalue weighted by atomic mass is 9.92. The summed E-state index contributed by atoms with van der Waals surface area (Å²) in [5.41, 5.74) is 0.974. The number of aromatic hydroxyl groups is 1. The highest BCUT2D eigenvalue weighted by molar-refractivity contribution is 6.03. The molecule has 0 aliphatic carbocycles. The van der Waals surface area contributed by atoms with Gasteiger partial charge in [-0.2, -0.15) is 9.97 Å². The molecule has 4 heterocycles. The topological polar surface area (TPSA) is 73.8 Å². The Labute approximate surface area is 267 Å². The van der Waals surface area contributed by atoms with Crippen LogP contribution >= 0.6 is 0 Å². The standard InChI is InChI=1S/C36H42F3N5O2/c1-3-21-7-5-8-22-15-27(45)17-28(31(21)22)32-30(38)18-29-34(33(32)39)41-36(42-35(29)44-19-24-9-10-25(20-44)40-24)46-14-6-12-43-13-11-23(37)16-26(43)4-2/h5,7-8,15,17-18,23-26,40,45H,3-4,6,9-14,16,19-20H2,1-2H3/t23-,24?,25?,26+/m1/s1. The molecule has 2 bridgehead atoms. The van der Waals surface area contributed by atoms with Crippen LogP contribution < -0.4 is 15.0 Å². The number of likely N-dealkylation sites (tertiary alicyclic amines) is 1. The van der Waals surface area contributed by atoms with Gasteiger partial charge in [-0.05, 0) is 85.0 Å². The highest BCUT2D eigenvalue weighted by Gasteiger charge is 2.35. The number of phenols is 1. The second-order valence-electron chi connectivity index (χ2n) is 13.1. The first-order chi connectivity index (χ1) is 22.3. The van der Waals surface area contributed by atoms with Gasteiger partial charge in [0.15, 0.2) is 5.82 Å². The Bertz CT molecular complexity index is 1740. The summed E-state index contributed by atoms with van der Waals surface area (Å²) in [6.07, 6.45) is 4.71. The van der Waals surface area contributed by atoms with Crippen molar-refractivity contribution in [2.75, 3.05) is 37.7 Å². The maximum absolute atomic E-state index is 16.8. The number of nitrogens with zero attached hydrogens (tertiary/aromatic N) is 4. The zero-order chi connectivity index (χ0) is 31.9. The van der Waals surface area contributed by atoms with Crippen LogP contribution in [0.5, 0.6) is 11.8 Å². The van der Waals surface area contributed by atoms with E-state index in [1.165, 1.54) is 12.1 Å². The Kier molecular flexibility index (Phi) is 8.67. The first-order valence-electron chi connectivity index (χ1n) is 16.8. The van der Waals surface area contributed by atoms with E-state index in [1.54, 1.807) is 6.07 Å². The number of ether oxygens (including phenoxy) is 1. The molecule has 0 spiro atoms. The number of benzene rings is 3. The molecule has 2 unspecified atom stereocenters. The molecule has 3 aliphatic rings. The fourth-order valence-electron chi connectivity index (χ4n) is 7.86. The fraction of sp³-hybridized carbons (Fsp3) is 0.500. The van der Waals surface area contributed by atoms with Crippen LogP contribution in [-0.2, 0) is 6.42 Å². The molecule has 4 aromatic rings. The molecule has 7 nitrogen and oxygen atoms in total. The van der Waals surface area contributed by atoms with E-state index in [9.17, 15) is 9.50 Å². The van der Waals surface area contributed by atoms with Crippen LogP contribution in [0.3, 0.4) is 0 Å². The van der Waals surface area contributed by atoms with Crippen LogP contribution in [0.25, 0.3) is 32.8 Å². The highest BCUT2D eigenvalue weighted by atomic mass is 19.1. The number of hydrogen-bond donors (Lipinski definition) is 2. The lowest BCUT2D eigenvalue weighted by Crippen LogP contribution is -2.51. The maximum atomic E-state index is 16.8. The molecule has 3 fully saturated rings. The molecular formula is C36H42F3N5O2. The molecule has 3 aliphatic heterocycles. The van der Waals surface area contributed by atoms with Gasteiger partial charge in [0.05, 0.1) is 12.2 Å². The minimum atomic E-state index is -0.806. The smallest absolute Gasteiger partial charge is 0.319 e. The lowest BCUT2D eigenvalue weighted by molar-refractivity contribution is 0.0823. The van der Waals surface area contributed by atoms with Crippen LogP contribution in [-0.4, -0.2) is 77.1 Å². The van der Waals surface area contributed by atoms with Crippen LogP contribution in [0.2, 0.25) is 0 Å². The van der Waals surface area contributed by atoms with Gasteiger partial charge in [0.25, 0.3) is 0 Å². The monoisotopic (exact) mass is 633 g/mol. The van der Waals surface area contributed by atoms with E-state index in [0.29, 0.717) is 67.4 Å². The Morgan fingerprint density at radius 1 is 1.04 bits per heavy atom. The first-order valence-corrected chi connectivity index (χ1v) is 16.8. The molecule has 0 radical (unpaired) electrons. The fourth-order valence-corrected chi connectivity index (χ4v) is 7.86. The number of piperazine rings is 1. The number of hydrogen-bond acceptors (Lipinski definition) is 7. The minimum Gasteiger partial charge on any atom is -0.508 e. The van der Waals surface area contributed by atoms with Crippen LogP contribution in [0, 0.1) is 11.6 Å². The summed E-state index contributed by atoms with van der Waals surface area (Å²) in [7, 11) is 0. The zero-order valence-corrected chi connectivity index (χ0v) is 26.5. The van der Waals surface area contributed by atoms with Crippen molar-refractivity contribution in [2.24, 2.45) is 0 Å². The van der Waals surface area contributed by atoms with E-state index < -0.39 is 17.8 Å². The van der Waals surface area contributed by atoms with Gasteiger partial charge in [-0.25, -0.2) is 13.2 Å². The van der Waals surface area contributed by atoms with Gasteiger partial charge >= 0.3 is 6.01 Å². The van der Waals surface area contributed by atoms with Crippen molar-refractivity contribution < 1.29 is 23.0 Å². The number of rotatable bonds is 9. The number of phenolic OH excluding ortho intramolecular Hbond substituents is 1. The average molecular weight is 634 g/mol. The number of halogens is 3. The number of aromatic nitrogens is 2. The summed E-state index contributed by atoms with van der Waals surface area (Å²) in [5.74, 6) is -1.14. The van der Waals surface area contributed by atoms with E-state index in [0.717, 1.165) is 37.9 Å². The predicted octanol–water partition coefficient (Wildman–Crippen LogP) is 6.92. The molecule has 46 heavy (non-hydrogen) atoms. The summed E-state index contributed by atoms with van der Waals surface area (Å²) in [5, 5.41) is 15.9. The van der Waals surface area contributed by atoms with Gasteiger partial charge in [0, 0.05) is 49.7 Å². The van der Waals surface area contributed by atoms with Crippen molar-refractivity contribution in [3.05, 3.63) is 53.6 Å². The summed E-state index contributed by atoms with van der Waals surface area (Å²) >= 11 is 0. The van der Waals surface area contributed by atoms with Gasteiger partial charge < -0.3 is 25.0 Å². The van der Waals surface area contributed by atoms with Gasteiger partial charge in [0.2, 0.25) is 0 Å². The van der Waals surface area contributed by atoms with Crippen molar-refractivity contribution >= 4 is 27.5 Å². The van der Waals surface area contributed by atoms with Gasteiger partial charge in [-0.15, -0.1) is 0 Å². The van der Waals surface area contributed by atoms with E-state index >= 15 is 8.78 Å². The number of alkyl halides is 1. The molecule has 0 saturated carbocycles. The van der Waals surface area contributed by atoms with Gasteiger partial charge in [0.1, 0.15) is 29.1 Å². The quantitative estimate of drug-likeness (QED) is 0.194. The largest absolute Gasteiger partial charge is 0.508 e. The van der Waals surface area contributed by atoms with Crippen molar-refractivity contribution in [1.29, 1.82) is 0 Å². The summed E-state index contributed by atoms with van der Waals surface area (Å²) in [6, 6.07) is 10.9.